The van der Waals surface area contributed by atoms with Crippen LogP contribution in [0, 0.1) is 11.3 Å². The third kappa shape index (κ3) is 7.03. The zero-order valence-electron chi connectivity index (χ0n) is 16.0. The summed E-state index contributed by atoms with van der Waals surface area (Å²) in [4.78, 5) is 24.7. The Bertz CT molecular complexity index is 887. The van der Waals surface area contributed by atoms with E-state index in [9.17, 15) is 14.9 Å². The van der Waals surface area contributed by atoms with Crippen molar-refractivity contribution in [3.8, 4) is 6.07 Å². The average Bonchev–Trinajstić information content (AvgIpc) is 2.72. The first kappa shape index (κ1) is 21.5. The fraction of sp³-hybridized carbons (Fsp3) is 0.227. The Morgan fingerprint density at radius 1 is 1.03 bits per heavy atom. The summed E-state index contributed by atoms with van der Waals surface area (Å²) in [6, 6.07) is 18.5. The molecule has 0 atom stereocenters. The van der Waals surface area contributed by atoms with E-state index in [2.05, 4.69) is 5.32 Å². The Labute approximate surface area is 170 Å². The van der Waals surface area contributed by atoms with Gasteiger partial charge in [-0.05, 0) is 49.2 Å². The number of benzene rings is 2. The van der Waals surface area contributed by atoms with Gasteiger partial charge in [0, 0.05) is 36.2 Å². The second-order valence-electron chi connectivity index (χ2n) is 6.41. The van der Waals surface area contributed by atoms with E-state index in [1.165, 1.54) is 6.20 Å². The molecule has 150 valence electrons. The normalized spacial score (nSPS) is 10.8. The number of amides is 1. The number of hydrogen-bond donors (Lipinski definition) is 3. The number of nitrogens with two attached hydrogens (primary N) is 1. The van der Waals surface area contributed by atoms with E-state index in [0.717, 1.165) is 11.4 Å². The van der Waals surface area contributed by atoms with E-state index < -0.39 is 11.9 Å². The smallest absolute Gasteiger partial charge is 0.303 e. The summed E-state index contributed by atoms with van der Waals surface area (Å²) in [5.41, 5.74) is 7.91. The number of unbranched alkanes of at least 4 members (excludes halogenated alkanes) is 2. The van der Waals surface area contributed by atoms with Crippen molar-refractivity contribution in [3.05, 3.63) is 66.4 Å². The van der Waals surface area contributed by atoms with Crippen LogP contribution in [-0.4, -0.2) is 23.5 Å². The maximum absolute atomic E-state index is 12.4. The minimum Gasteiger partial charge on any atom is -0.481 e. The van der Waals surface area contributed by atoms with Gasteiger partial charge in [-0.2, -0.15) is 5.26 Å². The van der Waals surface area contributed by atoms with Crippen LogP contribution in [0.4, 0.5) is 17.1 Å². The number of carboxylic acids is 1. The summed E-state index contributed by atoms with van der Waals surface area (Å²) in [5, 5.41) is 20.8. The molecule has 2 aromatic carbocycles. The molecule has 7 heteroatoms. The van der Waals surface area contributed by atoms with Crippen LogP contribution in [0.2, 0.25) is 0 Å². The van der Waals surface area contributed by atoms with E-state index in [4.69, 9.17) is 10.8 Å². The molecule has 0 radical (unpaired) electrons. The molecule has 0 heterocycles. The zero-order valence-corrected chi connectivity index (χ0v) is 16.0. The molecule has 0 saturated heterocycles. The highest BCUT2D eigenvalue weighted by Crippen LogP contribution is 2.27. The molecule has 4 N–H and O–H groups in total. The van der Waals surface area contributed by atoms with Crippen LogP contribution in [0.25, 0.3) is 0 Å². The Morgan fingerprint density at radius 3 is 2.31 bits per heavy atom. The van der Waals surface area contributed by atoms with Gasteiger partial charge in [-0.1, -0.05) is 24.6 Å². The summed E-state index contributed by atoms with van der Waals surface area (Å²) in [6.07, 6.45) is 3.52. The molecule has 0 aliphatic carbocycles. The van der Waals surface area contributed by atoms with Crippen LogP contribution < -0.4 is 16.0 Å². The summed E-state index contributed by atoms with van der Waals surface area (Å²) < 4.78 is 0. The number of carbonyl (C=O) groups is 2. The van der Waals surface area contributed by atoms with Crippen LogP contribution >= 0.6 is 0 Å². The van der Waals surface area contributed by atoms with Gasteiger partial charge >= 0.3 is 5.97 Å². The first-order valence-electron chi connectivity index (χ1n) is 9.33. The molecule has 0 bridgehead atoms. The van der Waals surface area contributed by atoms with E-state index in [-0.39, 0.29) is 12.0 Å². The molecule has 0 saturated carbocycles. The van der Waals surface area contributed by atoms with Gasteiger partial charge in [-0.25, -0.2) is 0 Å². The number of nitrogens with one attached hydrogen (secondary N) is 1. The number of carboxylic acid groups (broad SMARTS) is 1. The lowest BCUT2D eigenvalue weighted by molar-refractivity contribution is -0.137. The topological polar surface area (TPSA) is 119 Å². The quantitative estimate of drug-likeness (QED) is 0.246. The van der Waals surface area contributed by atoms with Crippen molar-refractivity contribution in [1.29, 1.82) is 5.26 Å². The van der Waals surface area contributed by atoms with Crippen molar-refractivity contribution in [2.24, 2.45) is 0 Å². The second kappa shape index (κ2) is 11.1. The van der Waals surface area contributed by atoms with Gasteiger partial charge in [0.2, 0.25) is 0 Å². The van der Waals surface area contributed by atoms with Gasteiger partial charge in [0.15, 0.2) is 0 Å². The largest absolute Gasteiger partial charge is 0.481 e. The lowest BCUT2D eigenvalue weighted by atomic mass is 10.2. The first-order valence-corrected chi connectivity index (χ1v) is 9.33. The van der Waals surface area contributed by atoms with Crippen molar-refractivity contribution in [3.63, 3.8) is 0 Å². The number of nitrogens with zero attached hydrogens (tertiary/aromatic N) is 2. The highest BCUT2D eigenvalue weighted by molar-refractivity contribution is 5.98. The maximum Gasteiger partial charge on any atom is 0.303 e. The Hall–Kier alpha value is -3.79. The summed E-state index contributed by atoms with van der Waals surface area (Å²) in [6.45, 7) is 0.380. The Kier molecular flexibility index (Phi) is 8.27. The second-order valence-corrected chi connectivity index (χ2v) is 6.41. The maximum atomic E-state index is 12.4. The number of nitrogen functional groups attached to an aromatic ring is 1. The highest BCUT2D eigenvalue weighted by Gasteiger charge is 2.13. The molecule has 1 amide bonds. The number of carbonyl (C=O) groups excluding carboxylic acids is 1. The molecule has 0 fully saturated rings. The average molecular weight is 392 g/mol. The number of aliphatic carboxylic acids is 1. The fourth-order valence-corrected chi connectivity index (χ4v) is 2.66. The highest BCUT2D eigenvalue weighted by atomic mass is 16.4. The van der Waals surface area contributed by atoms with Crippen molar-refractivity contribution >= 4 is 28.9 Å². The van der Waals surface area contributed by atoms with E-state index in [1.807, 2.05) is 48.5 Å². The molecular formula is C22H24N4O3. The van der Waals surface area contributed by atoms with Crippen LogP contribution in [0.3, 0.4) is 0 Å². The van der Waals surface area contributed by atoms with Crippen molar-refractivity contribution in [1.82, 2.24) is 5.32 Å². The van der Waals surface area contributed by atoms with Crippen molar-refractivity contribution in [2.75, 3.05) is 17.2 Å². The fourth-order valence-electron chi connectivity index (χ4n) is 2.66. The molecule has 0 spiro atoms. The Balaban J connectivity index is 2.11. The molecule has 0 aliphatic heterocycles. The SMILES string of the molecule is N#C/C(=C/N(c1ccccc1)c1ccc(N)cc1)C(=O)NCCCCCC(=O)O. The number of nitriles is 1. The molecule has 0 unspecified atom stereocenters. The van der Waals surface area contributed by atoms with Crippen LogP contribution in [0.15, 0.2) is 66.4 Å². The zero-order chi connectivity index (χ0) is 21.1. The van der Waals surface area contributed by atoms with Gasteiger partial charge in [-0.15, -0.1) is 0 Å². The third-order valence-electron chi connectivity index (χ3n) is 4.18. The van der Waals surface area contributed by atoms with Gasteiger partial charge in [0.05, 0.1) is 0 Å². The number of rotatable bonds is 10. The van der Waals surface area contributed by atoms with Gasteiger partial charge in [0.25, 0.3) is 5.91 Å². The van der Waals surface area contributed by atoms with Gasteiger partial charge in [-0.3, -0.25) is 9.59 Å². The predicted octanol–water partition coefficient (Wildman–Crippen LogP) is 3.58. The number of hydrogen-bond acceptors (Lipinski definition) is 5. The van der Waals surface area contributed by atoms with E-state index in [0.29, 0.717) is 31.5 Å². The van der Waals surface area contributed by atoms with Crippen LogP contribution in [0.5, 0.6) is 0 Å². The molecule has 7 nitrogen and oxygen atoms in total. The van der Waals surface area contributed by atoms with Crippen LogP contribution in [0.1, 0.15) is 25.7 Å². The summed E-state index contributed by atoms with van der Waals surface area (Å²) >= 11 is 0. The number of para-hydroxylation sites is 1. The van der Waals surface area contributed by atoms with Crippen molar-refractivity contribution < 1.29 is 14.7 Å². The standard InChI is InChI=1S/C22H24N4O3/c23-15-17(22(29)25-14-6-2-5-9-21(27)28)16-26(19-7-3-1-4-8-19)20-12-10-18(24)11-13-20/h1,3-4,7-8,10-13,16H,2,5-6,9,14,24H2,(H,25,29)(H,27,28)/b17-16-. The summed E-state index contributed by atoms with van der Waals surface area (Å²) in [5.74, 6) is -1.30. The van der Waals surface area contributed by atoms with Crippen LogP contribution in [-0.2, 0) is 9.59 Å². The first-order chi connectivity index (χ1) is 14.0. The summed E-state index contributed by atoms with van der Waals surface area (Å²) in [7, 11) is 0. The van der Waals surface area contributed by atoms with E-state index in [1.54, 1.807) is 17.0 Å². The molecule has 29 heavy (non-hydrogen) atoms. The lowest BCUT2D eigenvalue weighted by Crippen LogP contribution is -2.27. The molecule has 0 aliphatic rings. The molecule has 2 rings (SSSR count). The Morgan fingerprint density at radius 2 is 1.69 bits per heavy atom. The number of anilines is 3. The molecule has 2 aromatic rings. The van der Waals surface area contributed by atoms with Gasteiger partial charge < -0.3 is 21.1 Å². The minimum absolute atomic E-state index is 0.0313. The van der Waals surface area contributed by atoms with Gasteiger partial charge in [0.1, 0.15) is 11.6 Å². The molecular weight excluding hydrogens is 368 g/mol. The van der Waals surface area contributed by atoms with Crippen molar-refractivity contribution in [2.45, 2.75) is 25.7 Å². The molecule has 0 aromatic heterocycles. The van der Waals surface area contributed by atoms with E-state index >= 15 is 0 Å². The lowest BCUT2D eigenvalue weighted by Gasteiger charge is -2.21. The predicted molar refractivity (Wildman–Crippen MR) is 112 cm³/mol. The third-order valence-corrected chi connectivity index (χ3v) is 4.18. The minimum atomic E-state index is -0.826. The monoisotopic (exact) mass is 392 g/mol.